The number of nitrogens with two attached hydrogens (primary N) is 1. The smallest absolute Gasteiger partial charge is 0.310 e. The number of nitrogen functional groups attached to an aromatic ring is 1. The van der Waals surface area contributed by atoms with E-state index >= 15 is 0 Å². The van der Waals surface area contributed by atoms with Crippen molar-refractivity contribution in [1.29, 1.82) is 0 Å². The Morgan fingerprint density at radius 1 is 1.53 bits per heavy atom. The lowest BCUT2D eigenvalue weighted by Gasteiger charge is -2.20. The Morgan fingerprint density at radius 2 is 2.16 bits per heavy atom. The van der Waals surface area contributed by atoms with Gasteiger partial charge in [-0.1, -0.05) is 6.92 Å². The number of nitrogens with zero attached hydrogens (tertiary/aromatic N) is 2. The maximum atomic E-state index is 12.3. The average molecular weight is 267 g/mol. The summed E-state index contributed by atoms with van der Waals surface area (Å²) in [5.74, 6) is -0.847. The van der Waals surface area contributed by atoms with Crippen LogP contribution in [0.4, 0.5) is 5.69 Å². The second-order valence-corrected chi connectivity index (χ2v) is 4.55. The maximum absolute atomic E-state index is 12.3. The number of amides is 1. The van der Waals surface area contributed by atoms with Crippen molar-refractivity contribution in [3.63, 3.8) is 0 Å². The molecule has 0 saturated carbocycles. The minimum Gasteiger partial charge on any atom is -0.469 e. The van der Waals surface area contributed by atoms with Crippen LogP contribution in [0, 0.1) is 5.92 Å². The lowest BCUT2D eigenvalue weighted by Crippen LogP contribution is -2.35. The third-order valence-electron chi connectivity index (χ3n) is 2.98. The number of carbonyl (C=O) groups is 2. The monoisotopic (exact) mass is 267 g/mol. The number of rotatable bonds is 5. The van der Waals surface area contributed by atoms with Crippen molar-refractivity contribution < 1.29 is 14.3 Å². The number of methoxy groups -OCH3 is 1. The van der Waals surface area contributed by atoms with Crippen molar-refractivity contribution in [1.82, 2.24) is 9.47 Å². The molecule has 1 amide bonds. The molecule has 1 unspecified atom stereocenters. The Balaban J connectivity index is 2.79. The molecule has 1 aromatic heterocycles. The van der Waals surface area contributed by atoms with Crippen LogP contribution in [0.5, 0.6) is 0 Å². The number of esters is 1. The fraction of sp³-hybridized carbons (Fsp3) is 0.538. The van der Waals surface area contributed by atoms with Crippen molar-refractivity contribution >= 4 is 17.6 Å². The molecule has 1 rings (SSSR count). The Kier molecular flexibility index (Phi) is 4.97. The molecular weight excluding hydrogens is 246 g/mol. The van der Waals surface area contributed by atoms with Crippen LogP contribution < -0.4 is 5.73 Å². The van der Waals surface area contributed by atoms with E-state index in [0.29, 0.717) is 24.5 Å². The van der Waals surface area contributed by atoms with Crippen LogP contribution in [-0.4, -0.2) is 42.0 Å². The van der Waals surface area contributed by atoms with Crippen LogP contribution >= 0.6 is 0 Å². The zero-order valence-electron chi connectivity index (χ0n) is 11.8. The molecule has 2 N–H and O–H groups in total. The minimum atomic E-state index is -0.360. The van der Waals surface area contributed by atoms with Crippen molar-refractivity contribution in [3.8, 4) is 0 Å². The van der Waals surface area contributed by atoms with E-state index < -0.39 is 0 Å². The summed E-state index contributed by atoms with van der Waals surface area (Å²) in [6.45, 7) is 4.63. The highest BCUT2D eigenvalue weighted by Gasteiger charge is 2.21. The standard InChI is InChI=1S/C13H21N3O3/c1-5-16-8-10(14)6-11(16)12(17)15(3)7-9(2)13(18)19-4/h6,8-9H,5,7,14H2,1-4H3. The predicted octanol–water partition coefficient (Wildman–Crippen LogP) is 0.971. The number of ether oxygens (including phenoxy) is 1. The Bertz CT molecular complexity index is 468. The first-order valence-electron chi connectivity index (χ1n) is 6.19. The van der Waals surface area contributed by atoms with Crippen LogP contribution in [0.15, 0.2) is 12.3 Å². The lowest BCUT2D eigenvalue weighted by molar-refractivity contribution is -0.145. The molecule has 106 valence electrons. The van der Waals surface area contributed by atoms with Gasteiger partial charge in [0.05, 0.1) is 18.7 Å². The first-order chi connectivity index (χ1) is 8.90. The zero-order chi connectivity index (χ0) is 14.6. The number of carbonyl (C=O) groups excluding carboxylic acids is 2. The molecule has 1 atom stereocenters. The van der Waals surface area contributed by atoms with Gasteiger partial charge in [-0.25, -0.2) is 0 Å². The van der Waals surface area contributed by atoms with Crippen molar-refractivity contribution in [3.05, 3.63) is 18.0 Å². The van der Waals surface area contributed by atoms with Gasteiger partial charge >= 0.3 is 5.97 Å². The average Bonchev–Trinajstić information content (AvgIpc) is 2.77. The van der Waals surface area contributed by atoms with E-state index in [1.54, 1.807) is 30.8 Å². The summed E-state index contributed by atoms with van der Waals surface area (Å²) < 4.78 is 6.43. The third-order valence-corrected chi connectivity index (χ3v) is 2.98. The van der Waals surface area contributed by atoms with E-state index in [-0.39, 0.29) is 17.8 Å². The molecule has 0 bridgehead atoms. The van der Waals surface area contributed by atoms with Gasteiger partial charge in [0.25, 0.3) is 5.91 Å². The second-order valence-electron chi connectivity index (χ2n) is 4.55. The van der Waals surface area contributed by atoms with Crippen LogP contribution in [0.2, 0.25) is 0 Å². The summed E-state index contributed by atoms with van der Waals surface area (Å²) in [5, 5.41) is 0. The first-order valence-corrected chi connectivity index (χ1v) is 6.19. The predicted molar refractivity (Wildman–Crippen MR) is 72.7 cm³/mol. The van der Waals surface area contributed by atoms with Gasteiger partial charge in [-0.15, -0.1) is 0 Å². The SMILES string of the molecule is CCn1cc(N)cc1C(=O)N(C)CC(C)C(=O)OC. The van der Waals surface area contributed by atoms with Gasteiger partial charge in [0.15, 0.2) is 0 Å². The highest BCUT2D eigenvalue weighted by Crippen LogP contribution is 2.13. The van der Waals surface area contributed by atoms with E-state index in [2.05, 4.69) is 4.74 Å². The number of hydrogen-bond acceptors (Lipinski definition) is 4. The van der Waals surface area contributed by atoms with E-state index in [4.69, 9.17) is 5.73 Å². The molecule has 0 fully saturated rings. The molecule has 19 heavy (non-hydrogen) atoms. The van der Waals surface area contributed by atoms with E-state index in [9.17, 15) is 9.59 Å². The van der Waals surface area contributed by atoms with Crippen molar-refractivity contribution in [2.45, 2.75) is 20.4 Å². The molecule has 0 saturated heterocycles. The van der Waals surface area contributed by atoms with E-state index in [1.165, 1.54) is 12.0 Å². The number of aromatic nitrogens is 1. The molecule has 1 aromatic rings. The van der Waals surface area contributed by atoms with Crippen molar-refractivity contribution in [2.24, 2.45) is 5.92 Å². The normalized spacial score (nSPS) is 12.0. The molecule has 0 aliphatic rings. The summed E-state index contributed by atoms with van der Waals surface area (Å²) in [7, 11) is 2.99. The fourth-order valence-corrected chi connectivity index (χ4v) is 1.94. The molecular formula is C13H21N3O3. The fourth-order valence-electron chi connectivity index (χ4n) is 1.94. The van der Waals surface area contributed by atoms with Gasteiger partial charge in [0, 0.05) is 26.3 Å². The highest BCUT2D eigenvalue weighted by atomic mass is 16.5. The van der Waals surface area contributed by atoms with Crippen molar-refractivity contribution in [2.75, 3.05) is 26.4 Å². The van der Waals surface area contributed by atoms with Gasteiger partial charge in [0.2, 0.25) is 0 Å². The maximum Gasteiger partial charge on any atom is 0.310 e. The molecule has 6 heteroatoms. The summed E-state index contributed by atoms with van der Waals surface area (Å²) in [4.78, 5) is 25.1. The van der Waals surface area contributed by atoms with Crippen LogP contribution in [0.1, 0.15) is 24.3 Å². The first kappa shape index (κ1) is 15.1. The summed E-state index contributed by atoms with van der Waals surface area (Å²) >= 11 is 0. The van der Waals surface area contributed by atoms with Gasteiger partial charge in [-0.05, 0) is 13.0 Å². The topological polar surface area (TPSA) is 77.6 Å². The van der Waals surface area contributed by atoms with Crippen LogP contribution in [0.3, 0.4) is 0 Å². The molecule has 0 spiro atoms. The number of anilines is 1. The third kappa shape index (κ3) is 3.49. The van der Waals surface area contributed by atoms with Gasteiger partial charge in [-0.3, -0.25) is 9.59 Å². The van der Waals surface area contributed by atoms with Crippen LogP contribution in [0.25, 0.3) is 0 Å². The molecule has 6 nitrogen and oxygen atoms in total. The molecule has 0 aliphatic heterocycles. The largest absolute Gasteiger partial charge is 0.469 e. The molecule has 1 heterocycles. The van der Waals surface area contributed by atoms with Gasteiger partial charge in [-0.2, -0.15) is 0 Å². The summed E-state index contributed by atoms with van der Waals surface area (Å²) in [6.07, 6.45) is 1.73. The highest BCUT2D eigenvalue weighted by molar-refractivity contribution is 5.94. The Hall–Kier alpha value is -1.98. The summed E-state index contributed by atoms with van der Waals surface area (Å²) in [5.41, 5.74) is 6.78. The number of hydrogen-bond donors (Lipinski definition) is 1. The second kappa shape index (κ2) is 6.26. The molecule has 0 radical (unpaired) electrons. The zero-order valence-corrected chi connectivity index (χ0v) is 11.8. The Labute approximate surface area is 113 Å². The van der Waals surface area contributed by atoms with Gasteiger partial charge < -0.3 is 19.9 Å². The quantitative estimate of drug-likeness (QED) is 0.806. The number of aryl methyl sites for hydroxylation is 1. The molecule has 0 aromatic carbocycles. The molecule has 0 aliphatic carbocycles. The van der Waals surface area contributed by atoms with E-state index in [0.717, 1.165) is 0 Å². The van der Waals surface area contributed by atoms with E-state index in [1.807, 2.05) is 6.92 Å². The minimum absolute atomic E-state index is 0.158. The van der Waals surface area contributed by atoms with Gasteiger partial charge in [0.1, 0.15) is 5.69 Å². The lowest BCUT2D eigenvalue weighted by atomic mass is 10.1. The van der Waals surface area contributed by atoms with Crippen LogP contribution in [-0.2, 0) is 16.1 Å². The summed E-state index contributed by atoms with van der Waals surface area (Å²) in [6, 6.07) is 1.64. The Morgan fingerprint density at radius 3 is 2.68 bits per heavy atom.